The van der Waals surface area contributed by atoms with Crippen LogP contribution < -0.4 is 5.32 Å². The molecule has 2 fully saturated rings. The number of nitrogens with one attached hydrogen (secondary N) is 1. The van der Waals surface area contributed by atoms with E-state index in [1.165, 1.54) is 25.0 Å². The van der Waals surface area contributed by atoms with Crippen molar-refractivity contribution in [1.29, 1.82) is 0 Å². The standard InChI is InChI=1S/C15H19FN2O/c16-13-5-1-3-11(7-13)8-15(19)18-9-12-4-2-6-17-14(12)10-18/h1,3,5,7,12,14,17H,2,4,6,8-10H2/t12-,14+/m0/s1. The first-order chi connectivity index (χ1) is 9.22. The quantitative estimate of drug-likeness (QED) is 0.877. The van der Waals surface area contributed by atoms with E-state index in [2.05, 4.69) is 5.32 Å². The van der Waals surface area contributed by atoms with E-state index in [0.717, 1.165) is 25.2 Å². The summed E-state index contributed by atoms with van der Waals surface area (Å²) in [5.41, 5.74) is 0.757. The Kier molecular flexibility index (Phi) is 3.51. The molecular formula is C15H19FN2O. The summed E-state index contributed by atoms with van der Waals surface area (Å²) >= 11 is 0. The van der Waals surface area contributed by atoms with Gasteiger partial charge in [0.2, 0.25) is 5.91 Å². The molecule has 0 bridgehead atoms. The molecule has 3 nitrogen and oxygen atoms in total. The maximum Gasteiger partial charge on any atom is 0.227 e. The number of carbonyl (C=O) groups is 1. The highest BCUT2D eigenvalue weighted by atomic mass is 19.1. The highest BCUT2D eigenvalue weighted by molar-refractivity contribution is 5.79. The summed E-state index contributed by atoms with van der Waals surface area (Å²) in [5, 5.41) is 3.48. The molecule has 4 heteroatoms. The number of halogens is 1. The number of amides is 1. The highest BCUT2D eigenvalue weighted by Crippen LogP contribution is 2.25. The van der Waals surface area contributed by atoms with Crippen molar-refractivity contribution in [3.05, 3.63) is 35.6 Å². The summed E-state index contributed by atoms with van der Waals surface area (Å²) in [5.74, 6) is 0.439. The van der Waals surface area contributed by atoms with Crippen molar-refractivity contribution < 1.29 is 9.18 Å². The van der Waals surface area contributed by atoms with Crippen LogP contribution in [0.25, 0.3) is 0 Å². The zero-order chi connectivity index (χ0) is 13.2. The van der Waals surface area contributed by atoms with E-state index in [-0.39, 0.29) is 11.7 Å². The van der Waals surface area contributed by atoms with Gasteiger partial charge in [-0.15, -0.1) is 0 Å². The van der Waals surface area contributed by atoms with Gasteiger partial charge in [0.05, 0.1) is 6.42 Å². The average molecular weight is 262 g/mol. The van der Waals surface area contributed by atoms with Crippen molar-refractivity contribution in [1.82, 2.24) is 10.2 Å². The first kappa shape index (κ1) is 12.6. The average Bonchev–Trinajstić information content (AvgIpc) is 2.82. The molecule has 2 saturated heterocycles. The molecule has 2 heterocycles. The Balaban J connectivity index is 1.62. The van der Waals surface area contributed by atoms with Gasteiger partial charge in [-0.25, -0.2) is 4.39 Å². The predicted molar refractivity (Wildman–Crippen MR) is 71.2 cm³/mol. The molecule has 1 aromatic carbocycles. The Morgan fingerprint density at radius 1 is 1.42 bits per heavy atom. The number of hydrogen-bond acceptors (Lipinski definition) is 2. The molecule has 0 aliphatic carbocycles. The molecule has 3 rings (SSSR count). The number of piperidine rings is 1. The number of hydrogen-bond donors (Lipinski definition) is 1. The van der Waals surface area contributed by atoms with Gasteiger partial charge in [-0.05, 0) is 43.0 Å². The van der Waals surface area contributed by atoms with E-state index in [1.54, 1.807) is 6.07 Å². The SMILES string of the molecule is O=C(Cc1cccc(F)c1)N1C[C@@H]2CCCN[C@@H]2C1. The number of nitrogens with zero attached hydrogens (tertiary/aromatic N) is 1. The van der Waals surface area contributed by atoms with Crippen molar-refractivity contribution in [2.45, 2.75) is 25.3 Å². The molecule has 1 aromatic rings. The Morgan fingerprint density at radius 3 is 3.11 bits per heavy atom. The van der Waals surface area contributed by atoms with E-state index in [0.29, 0.717) is 18.4 Å². The summed E-state index contributed by atoms with van der Waals surface area (Å²) in [4.78, 5) is 14.2. The molecule has 2 atom stereocenters. The van der Waals surface area contributed by atoms with Gasteiger partial charge in [0.15, 0.2) is 0 Å². The maximum atomic E-state index is 13.1. The third-order valence-corrected chi connectivity index (χ3v) is 4.20. The molecule has 2 aliphatic heterocycles. The van der Waals surface area contributed by atoms with Crippen molar-refractivity contribution >= 4 is 5.91 Å². The Bertz CT molecular complexity index is 463. The van der Waals surface area contributed by atoms with E-state index < -0.39 is 0 Å². The molecule has 1 amide bonds. The van der Waals surface area contributed by atoms with E-state index in [1.807, 2.05) is 11.0 Å². The molecule has 0 radical (unpaired) electrons. The van der Waals surface area contributed by atoms with Crippen LogP contribution in [0.1, 0.15) is 18.4 Å². The third kappa shape index (κ3) is 2.78. The minimum atomic E-state index is -0.276. The van der Waals surface area contributed by atoms with Crippen LogP contribution in [0.15, 0.2) is 24.3 Å². The van der Waals surface area contributed by atoms with Gasteiger partial charge in [0.25, 0.3) is 0 Å². The normalized spacial score (nSPS) is 26.3. The molecule has 2 aliphatic rings. The Labute approximate surface area is 112 Å². The van der Waals surface area contributed by atoms with Gasteiger partial charge in [-0.3, -0.25) is 4.79 Å². The lowest BCUT2D eigenvalue weighted by Gasteiger charge is -2.24. The zero-order valence-electron chi connectivity index (χ0n) is 10.9. The fourth-order valence-corrected chi connectivity index (χ4v) is 3.18. The van der Waals surface area contributed by atoms with Crippen molar-refractivity contribution in [3.8, 4) is 0 Å². The number of rotatable bonds is 2. The van der Waals surface area contributed by atoms with Crippen molar-refractivity contribution in [2.24, 2.45) is 5.92 Å². The molecule has 0 unspecified atom stereocenters. The number of carbonyl (C=O) groups excluding carboxylic acids is 1. The van der Waals surface area contributed by atoms with Gasteiger partial charge in [-0.2, -0.15) is 0 Å². The summed E-state index contributed by atoms with van der Waals surface area (Å²) in [7, 11) is 0. The summed E-state index contributed by atoms with van der Waals surface area (Å²) in [6.07, 6.45) is 2.71. The van der Waals surface area contributed by atoms with Crippen LogP contribution in [0, 0.1) is 11.7 Å². The van der Waals surface area contributed by atoms with E-state index in [9.17, 15) is 9.18 Å². The predicted octanol–water partition coefficient (Wildman–Crippen LogP) is 1.58. The van der Waals surface area contributed by atoms with Gasteiger partial charge in [0, 0.05) is 19.1 Å². The molecule has 19 heavy (non-hydrogen) atoms. The smallest absolute Gasteiger partial charge is 0.227 e. The minimum Gasteiger partial charge on any atom is -0.341 e. The van der Waals surface area contributed by atoms with Crippen LogP contribution >= 0.6 is 0 Å². The lowest BCUT2D eigenvalue weighted by molar-refractivity contribution is -0.129. The first-order valence-electron chi connectivity index (χ1n) is 6.98. The Morgan fingerprint density at radius 2 is 2.32 bits per heavy atom. The number of fused-ring (bicyclic) bond motifs is 1. The first-order valence-corrected chi connectivity index (χ1v) is 6.98. The fraction of sp³-hybridized carbons (Fsp3) is 0.533. The van der Waals surface area contributed by atoms with Crippen LogP contribution in [0.3, 0.4) is 0 Å². The second kappa shape index (κ2) is 5.29. The van der Waals surface area contributed by atoms with Gasteiger partial charge in [0.1, 0.15) is 5.82 Å². The minimum absolute atomic E-state index is 0.113. The number of benzene rings is 1. The molecular weight excluding hydrogens is 243 g/mol. The molecule has 0 spiro atoms. The van der Waals surface area contributed by atoms with Gasteiger partial charge in [-0.1, -0.05) is 12.1 Å². The Hall–Kier alpha value is -1.42. The molecule has 0 aromatic heterocycles. The van der Waals surface area contributed by atoms with Crippen LogP contribution in [-0.2, 0) is 11.2 Å². The topological polar surface area (TPSA) is 32.3 Å². The maximum absolute atomic E-state index is 13.1. The monoisotopic (exact) mass is 262 g/mol. The van der Waals surface area contributed by atoms with Crippen molar-refractivity contribution in [3.63, 3.8) is 0 Å². The fourth-order valence-electron chi connectivity index (χ4n) is 3.18. The lowest BCUT2D eigenvalue weighted by atomic mass is 9.94. The second-order valence-corrected chi connectivity index (χ2v) is 5.57. The summed E-state index contributed by atoms with van der Waals surface area (Å²) < 4.78 is 13.1. The zero-order valence-corrected chi connectivity index (χ0v) is 10.9. The van der Waals surface area contributed by atoms with Gasteiger partial charge < -0.3 is 10.2 Å². The lowest BCUT2D eigenvalue weighted by Crippen LogP contribution is -2.41. The highest BCUT2D eigenvalue weighted by Gasteiger charge is 2.36. The number of likely N-dealkylation sites (tertiary alicyclic amines) is 1. The van der Waals surface area contributed by atoms with E-state index in [4.69, 9.17) is 0 Å². The van der Waals surface area contributed by atoms with Crippen LogP contribution in [0.2, 0.25) is 0 Å². The molecule has 102 valence electrons. The molecule has 0 saturated carbocycles. The summed E-state index contributed by atoms with van der Waals surface area (Å²) in [6.45, 7) is 2.72. The van der Waals surface area contributed by atoms with Crippen LogP contribution in [-0.4, -0.2) is 36.5 Å². The van der Waals surface area contributed by atoms with Crippen molar-refractivity contribution in [2.75, 3.05) is 19.6 Å². The molecule has 1 N–H and O–H groups in total. The van der Waals surface area contributed by atoms with Crippen LogP contribution in [0.4, 0.5) is 4.39 Å². The van der Waals surface area contributed by atoms with Crippen LogP contribution in [0.5, 0.6) is 0 Å². The third-order valence-electron chi connectivity index (χ3n) is 4.20. The van der Waals surface area contributed by atoms with E-state index >= 15 is 0 Å². The second-order valence-electron chi connectivity index (χ2n) is 5.57. The summed E-state index contributed by atoms with van der Waals surface area (Å²) in [6, 6.07) is 6.78. The largest absolute Gasteiger partial charge is 0.341 e. The van der Waals surface area contributed by atoms with Gasteiger partial charge >= 0.3 is 0 Å².